The number of alkyl halides is 3. The highest BCUT2D eigenvalue weighted by Gasteiger charge is 2.30. The van der Waals surface area contributed by atoms with Gasteiger partial charge in [0.1, 0.15) is 6.10 Å². The van der Waals surface area contributed by atoms with Gasteiger partial charge in [0.25, 0.3) is 0 Å². The number of amides is 1. The molecule has 17 heavy (non-hydrogen) atoms. The van der Waals surface area contributed by atoms with Crippen molar-refractivity contribution >= 4 is 5.91 Å². The summed E-state index contributed by atoms with van der Waals surface area (Å²) in [5.74, 6) is -0.413. The first-order valence-corrected chi connectivity index (χ1v) is 4.90. The van der Waals surface area contributed by atoms with E-state index < -0.39 is 23.8 Å². The Bertz CT molecular complexity index is 404. The molecule has 94 valence electrons. The van der Waals surface area contributed by atoms with Gasteiger partial charge in [-0.2, -0.15) is 13.2 Å². The Morgan fingerprint density at radius 3 is 2.59 bits per heavy atom. The number of hydrogen-bond acceptors (Lipinski definition) is 2. The summed E-state index contributed by atoms with van der Waals surface area (Å²) in [6, 6.07) is 4.77. The molecular weight excluding hydrogens is 235 g/mol. The molecule has 1 aromatic rings. The lowest BCUT2D eigenvalue weighted by molar-refractivity contribution is -0.139. The largest absolute Gasteiger partial charge is 0.416 e. The number of carbonyl (C=O) groups is 1. The van der Waals surface area contributed by atoms with Crippen LogP contribution < -0.4 is 5.48 Å². The van der Waals surface area contributed by atoms with Crippen LogP contribution in [0.15, 0.2) is 24.3 Å². The van der Waals surface area contributed by atoms with E-state index in [0.29, 0.717) is 5.56 Å². The number of hydrogen-bond donors (Lipinski definition) is 1. The molecule has 1 atom stereocenters. The fourth-order valence-electron chi connectivity index (χ4n) is 1.21. The highest BCUT2D eigenvalue weighted by molar-refractivity contribution is 5.71. The lowest BCUT2D eigenvalue weighted by Gasteiger charge is -2.14. The fraction of sp³-hybridized carbons (Fsp3) is 0.364. The van der Waals surface area contributed by atoms with E-state index in [0.717, 1.165) is 12.1 Å². The van der Waals surface area contributed by atoms with Crippen molar-refractivity contribution in [1.82, 2.24) is 5.48 Å². The van der Waals surface area contributed by atoms with Gasteiger partial charge < -0.3 is 0 Å². The lowest BCUT2D eigenvalue weighted by atomic mass is 10.1. The first-order valence-electron chi connectivity index (χ1n) is 4.90. The summed E-state index contributed by atoms with van der Waals surface area (Å²) in [6.45, 7) is 2.80. The minimum Gasteiger partial charge on any atom is -0.273 e. The van der Waals surface area contributed by atoms with Gasteiger partial charge in [-0.25, -0.2) is 5.48 Å². The zero-order valence-corrected chi connectivity index (χ0v) is 9.34. The van der Waals surface area contributed by atoms with Gasteiger partial charge in [0.2, 0.25) is 5.91 Å². The lowest BCUT2D eigenvalue weighted by Crippen LogP contribution is -2.22. The predicted octanol–water partition coefficient (Wildman–Crippen LogP) is 2.83. The Hall–Kier alpha value is -1.56. The topological polar surface area (TPSA) is 38.3 Å². The van der Waals surface area contributed by atoms with E-state index in [4.69, 9.17) is 4.84 Å². The summed E-state index contributed by atoms with van der Waals surface area (Å²) >= 11 is 0. The third-order valence-corrected chi connectivity index (χ3v) is 2.06. The van der Waals surface area contributed by atoms with Crippen molar-refractivity contribution in [1.29, 1.82) is 0 Å². The van der Waals surface area contributed by atoms with Crippen LogP contribution in [0.4, 0.5) is 13.2 Å². The summed E-state index contributed by atoms with van der Waals surface area (Å²) in [7, 11) is 0. The summed E-state index contributed by atoms with van der Waals surface area (Å²) in [4.78, 5) is 15.5. The molecule has 0 heterocycles. The van der Waals surface area contributed by atoms with Gasteiger partial charge in [0.05, 0.1) is 5.56 Å². The van der Waals surface area contributed by atoms with Crippen LogP contribution in [0.3, 0.4) is 0 Å². The van der Waals surface area contributed by atoms with Crippen LogP contribution in [0.25, 0.3) is 0 Å². The molecule has 0 radical (unpaired) electrons. The van der Waals surface area contributed by atoms with Crippen LogP contribution >= 0.6 is 0 Å². The molecule has 0 saturated heterocycles. The Balaban J connectivity index is 2.81. The summed E-state index contributed by atoms with van der Waals surface area (Å²) in [5.41, 5.74) is 1.68. The second-order valence-electron chi connectivity index (χ2n) is 3.54. The van der Waals surface area contributed by atoms with Crippen LogP contribution in [0.1, 0.15) is 31.1 Å². The number of benzene rings is 1. The highest BCUT2D eigenvalue weighted by Crippen LogP contribution is 2.31. The first kappa shape index (κ1) is 13.5. The van der Waals surface area contributed by atoms with Crippen LogP contribution in [-0.2, 0) is 15.8 Å². The third-order valence-electron chi connectivity index (χ3n) is 2.06. The molecule has 0 aromatic heterocycles. The maximum atomic E-state index is 12.4. The molecule has 0 aliphatic carbocycles. The monoisotopic (exact) mass is 247 g/mol. The minimum atomic E-state index is -4.39. The number of halogens is 3. The molecular formula is C11H12F3NO2. The van der Waals surface area contributed by atoms with E-state index in [2.05, 4.69) is 5.48 Å². The molecule has 1 N–H and O–H groups in total. The van der Waals surface area contributed by atoms with Crippen molar-refractivity contribution in [3.63, 3.8) is 0 Å². The molecule has 1 amide bonds. The molecule has 0 spiro atoms. The van der Waals surface area contributed by atoms with Crippen molar-refractivity contribution < 1.29 is 22.8 Å². The van der Waals surface area contributed by atoms with Crippen LogP contribution in [0.5, 0.6) is 0 Å². The second-order valence-corrected chi connectivity index (χ2v) is 3.54. The van der Waals surface area contributed by atoms with E-state index in [1.54, 1.807) is 6.92 Å². The van der Waals surface area contributed by atoms with Gasteiger partial charge >= 0.3 is 6.18 Å². The summed E-state index contributed by atoms with van der Waals surface area (Å²) < 4.78 is 37.3. The van der Waals surface area contributed by atoms with Gasteiger partial charge in [-0.15, -0.1) is 0 Å². The predicted molar refractivity (Wildman–Crippen MR) is 54.8 cm³/mol. The Morgan fingerprint density at radius 2 is 2.06 bits per heavy atom. The Labute approximate surface area is 96.5 Å². The third kappa shape index (κ3) is 4.07. The molecule has 0 aliphatic rings. The zero-order chi connectivity index (χ0) is 13.1. The zero-order valence-electron chi connectivity index (χ0n) is 9.34. The van der Waals surface area contributed by atoms with Crippen molar-refractivity contribution in [3.8, 4) is 0 Å². The van der Waals surface area contributed by atoms with E-state index in [1.165, 1.54) is 19.1 Å². The number of hydroxylamine groups is 1. The van der Waals surface area contributed by atoms with Gasteiger partial charge in [0.15, 0.2) is 0 Å². The van der Waals surface area contributed by atoms with Crippen LogP contribution in [-0.4, -0.2) is 5.91 Å². The molecule has 0 aliphatic heterocycles. The van der Waals surface area contributed by atoms with Crippen molar-refractivity contribution in [2.75, 3.05) is 0 Å². The van der Waals surface area contributed by atoms with E-state index >= 15 is 0 Å². The van der Waals surface area contributed by atoms with E-state index in [9.17, 15) is 18.0 Å². The molecule has 0 saturated carbocycles. The average Bonchev–Trinajstić information content (AvgIpc) is 2.25. The van der Waals surface area contributed by atoms with E-state index in [-0.39, 0.29) is 0 Å². The smallest absolute Gasteiger partial charge is 0.273 e. The number of carbonyl (C=O) groups excluding carboxylic acids is 1. The van der Waals surface area contributed by atoms with Gasteiger partial charge in [0, 0.05) is 6.92 Å². The Kier molecular flexibility index (Phi) is 4.11. The Morgan fingerprint density at radius 1 is 1.41 bits per heavy atom. The quantitative estimate of drug-likeness (QED) is 0.834. The summed E-state index contributed by atoms with van der Waals surface area (Å²) in [6.07, 6.45) is -5.04. The molecule has 0 bridgehead atoms. The standard InChI is InChI=1S/C11H12F3NO2/c1-7(17-15-8(2)16)9-4-3-5-10(6-9)11(12,13)14/h3-7H,1-2H3,(H,15,16)/t7-/m1/s1. The van der Waals surface area contributed by atoms with Crippen molar-refractivity contribution in [2.45, 2.75) is 26.1 Å². The first-order chi connectivity index (χ1) is 7.80. The van der Waals surface area contributed by atoms with Crippen LogP contribution in [0.2, 0.25) is 0 Å². The van der Waals surface area contributed by atoms with Gasteiger partial charge in [-0.3, -0.25) is 9.63 Å². The maximum absolute atomic E-state index is 12.4. The van der Waals surface area contributed by atoms with Gasteiger partial charge in [-0.05, 0) is 24.6 Å². The molecule has 0 fully saturated rings. The van der Waals surface area contributed by atoms with Crippen LogP contribution in [0, 0.1) is 0 Å². The fourth-order valence-corrected chi connectivity index (χ4v) is 1.21. The SMILES string of the molecule is CC(=O)NO[C@H](C)c1cccc(C(F)(F)F)c1. The van der Waals surface area contributed by atoms with E-state index in [1.807, 2.05) is 0 Å². The normalized spacial score (nSPS) is 13.2. The number of rotatable bonds is 3. The number of nitrogens with one attached hydrogen (secondary N) is 1. The highest BCUT2D eigenvalue weighted by atomic mass is 19.4. The maximum Gasteiger partial charge on any atom is 0.416 e. The molecule has 0 unspecified atom stereocenters. The minimum absolute atomic E-state index is 0.341. The molecule has 3 nitrogen and oxygen atoms in total. The average molecular weight is 247 g/mol. The molecule has 1 aromatic carbocycles. The molecule has 6 heteroatoms. The van der Waals surface area contributed by atoms with Gasteiger partial charge in [-0.1, -0.05) is 12.1 Å². The van der Waals surface area contributed by atoms with Crippen molar-refractivity contribution in [2.24, 2.45) is 0 Å². The summed E-state index contributed by atoms with van der Waals surface area (Å²) in [5, 5.41) is 0. The molecule has 1 rings (SSSR count). The second kappa shape index (κ2) is 5.18. The van der Waals surface area contributed by atoms with Crippen molar-refractivity contribution in [3.05, 3.63) is 35.4 Å².